The molecular weight excluding hydrogens is 320 g/mol. The van der Waals surface area contributed by atoms with Crippen LogP contribution >= 0.6 is 0 Å². The molecule has 0 saturated carbocycles. The first-order valence-electron chi connectivity index (χ1n) is 10.8. The monoisotopic (exact) mass is 366 g/mol. The number of hydrogen-bond donors (Lipinski definition) is 4. The van der Waals surface area contributed by atoms with E-state index in [-0.39, 0.29) is 0 Å². The van der Waals surface area contributed by atoms with Gasteiger partial charge in [-0.15, -0.1) is 0 Å². The molecule has 0 aromatic carbocycles. The van der Waals surface area contributed by atoms with Gasteiger partial charge in [0.2, 0.25) is 0 Å². The van der Waals surface area contributed by atoms with Crippen LogP contribution in [0.2, 0.25) is 0 Å². The van der Waals surface area contributed by atoms with E-state index in [4.69, 9.17) is 5.73 Å². The van der Waals surface area contributed by atoms with Gasteiger partial charge in [0, 0.05) is 19.6 Å². The van der Waals surface area contributed by atoms with E-state index in [1.165, 1.54) is 62.5 Å². The fourth-order valence-corrected chi connectivity index (χ4v) is 2.74. The Hall–Kier alpha value is -0.680. The second-order valence-corrected chi connectivity index (χ2v) is 7.48. The van der Waals surface area contributed by atoms with Crippen LogP contribution in [0.15, 0.2) is 23.3 Å². The van der Waals surface area contributed by atoms with Crippen LogP contribution in [0, 0.1) is 0 Å². The SMILES string of the molecule is CC(C)=CCC/C(C)=C/CNCCCCCNCCCCCNCCN. The molecular formula is C22H46N4. The summed E-state index contributed by atoms with van der Waals surface area (Å²) in [6.07, 6.45) is 14.7. The minimum Gasteiger partial charge on any atom is -0.329 e. The maximum Gasteiger partial charge on any atom is 0.0137 e. The minimum absolute atomic E-state index is 0.740. The number of unbranched alkanes of at least 4 members (excludes halogenated alkanes) is 4. The number of rotatable bonds is 19. The molecule has 0 aromatic rings. The molecule has 0 aliphatic heterocycles. The van der Waals surface area contributed by atoms with Crippen molar-refractivity contribution in [1.82, 2.24) is 16.0 Å². The summed E-state index contributed by atoms with van der Waals surface area (Å²) in [5.74, 6) is 0. The van der Waals surface area contributed by atoms with Crippen LogP contribution in [0.4, 0.5) is 0 Å². The van der Waals surface area contributed by atoms with Crippen LogP contribution in [-0.4, -0.2) is 45.8 Å². The van der Waals surface area contributed by atoms with Crippen molar-refractivity contribution in [3.05, 3.63) is 23.3 Å². The van der Waals surface area contributed by atoms with Crippen LogP contribution < -0.4 is 21.7 Å². The van der Waals surface area contributed by atoms with Crippen molar-refractivity contribution in [3.63, 3.8) is 0 Å². The fourth-order valence-electron chi connectivity index (χ4n) is 2.74. The van der Waals surface area contributed by atoms with Crippen LogP contribution in [0.5, 0.6) is 0 Å². The van der Waals surface area contributed by atoms with Crippen molar-refractivity contribution < 1.29 is 0 Å². The van der Waals surface area contributed by atoms with Gasteiger partial charge in [-0.25, -0.2) is 0 Å². The largest absolute Gasteiger partial charge is 0.329 e. The molecule has 5 N–H and O–H groups in total. The Morgan fingerprint density at radius 2 is 1.23 bits per heavy atom. The van der Waals surface area contributed by atoms with Crippen molar-refractivity contribution in [3.8, 4) is 0 Å². The lowest BCUT2D eigenvalue weighted by Gasteiger charge is -2.06. The van der Waals surface area contributed by atoms with E-state index >= 15 is 0 Å². The lowest BCUT2D eigenvalue weighted by molar-refractivity contribution is 0.550. The fraction of sp³-hybridized carbons (Fsp3) is 0.818. The standard InChI is InChI=1S/C22H46N4/c1-21(2)11-10-12-22(3)13-19-25-17-8-4-6-15-24-16-7-5-9-18-26-20-14-23/h11,13,24-26H,4-10,12,14-20,23H2,1-3H3/b22-13+. The van der Waals surface area contributed by atoms with Crippen LogP contribution in [0.25, 0.3) is 0 Å². The Bertz CT molecular complexity index is 346. The van der Waals surface area contributed by atoms with E-state index in [9.17, 15) is 0 Å². The molecule has 0 saturated heterocycles. The van der Waals surface area contributed by atoms with Crippen molar-refractivity contribution in [2.24, 2.45) is 5.73 Å². The smallest absolute Gasteiger partial charge is 0.0137 e. The van der Waals surface area contributed by atoms with Crippen molar-refractivity contribution in [1.29, 1.82) is 0 Å². The Kier molecular flexibility index (Phi) is 20.1. The first kappa shape index (κ1) is 25.3. The van der Waals surface area contributed by atoms with Crippen LogP contribution in [0.1, 0.15) is 72.1 Å². The quantitative estimate of drug-likeness (QED) is 0.208. The molecule has 0 radical (unpaired) electrons. The normalized spacial score (nSPS) is 11.8. The van der Waals surface area contributed by atoms with Gasteiger partial charge in [0.05, 0.1) is 0 Å². The molecule has 0 aromatic heterocycles. The highest BCUT2D eigenvalue weighted by Gasteiger charge is 1.93. The summed E-state index contributed by atoms with van der Waals surface area (Å²) in [5.41, 5.74) is 8.35. The third-order valence-electron chi connectivity index (χ3n) is 4.42. The van der Waals surface area contributed by atoms with Gasteiger partial charge in [0.1, 0.15) is 0 Å². The third-order valence-corrected chi connectivity index (χ3v) is 4.42. The molecule has 4 nitrogen and oxygen atoms in total. The van der Waals surface area contributed by atoms with E-state index in [2.05, 4.69) is 48.9 Å². The number of hydrogen-bond acceptors (Lipinski definition) is 4. The van der Waals surface area contributed by atoms with E-state index in [1.807, 2.05) is 0 Å². The molecule has 0 heterocycles. The lowest BCUT2D eigenvalue weighted by Crippen LogP contribution is -2.23. The predicted octanol–water partition coefficient (Wildman–Crippen LogP) is 3.75. The first-order valence-corrected chi connectivity index (χ1v) is 10.8. The Balaban J connectivity index is 3.20. The van der Waals surface area contributed by atoms with E-state index in [0.717, 1.165) is 45.8 Å². The zero-order valence-corrected chi connectivity index (χ0v) is 17.8. The minimum atomic E-state index is 0.740. The molecule has 0 fully saturated rings. The molecule has 0 aliphatic rings. The molecule has 0 atom stereocenters. The van der Waals surface area contributed by atoms with E-state index in [1.54, 1.807) is 0 Å². The summed E-state index contributed by atoms with van der Waals surface area (Å²) in [6.45, 7) is 13.8. The van der Waals surface area contributed by atoms with Crippen molar-refractivity contribution in [2.75, 3.05) is 45.8 Å². The van der Waals surface area contributed by atoms with Gasteiger partial charge in [-0.3, -0.25) is 0 Å². The second kappa shape index (κ2) is 20.6. The summed E-state index contributed by atoms with van der Waals surface area (Å²) < 4.78 is 0. The highest BCUT2D eigenvalue weighted by molar-refractivity contribution is 5.02. The summed E-state index contributed by atoms with van der Waals surface area (Å²) in [6, 6.07) is 0. The topological polar surface area (TPSA) is 62.1 Å². The predicted molar refractivity (Wildman–Crippen MR) is 118 cm³/mol. The van der Waals surface area contributed by atoms with E-state index in [0.29, 0.717) is 0 Å². The van der Waals surface area contributed by atoms with Gasteiger partial charge < -0.3 is 21.7 Å². The Morgan fingerprint density at radius 1 is 0.692 bits per heavy atom. The highest BCUT2D eigenvalue weighted by atomic mass is 14.9. The molecule has 0 aliphatic carbocycles. The second-order valence-electron chi connectivity index (χ2n) is 7.48. The molecule has 0 rings (SSSR count). The first-order chi connectivity index (χ1) is 12.7. The summed E-state index contributed by atoms with van der Waals surface area (Å²) >= 11 is 0. The van der Waals surface area contributed by atoms with Crippen molar-refractivity contribution >= 4 is 0 Å². The van der Waals surface area contributed by atoms with Gasteiger partial charge >= 0.3 is 0 Å². The van der Waals surface area contributed by atoms with Gasteiger partial charge in [0.15, 0.2) is 0 Å². The van der Waals surface area contributed by atoms with Gasteiger partial charge in [-0.05, 0) is 85.5 Å². The van der Waals surface area contributed by atoms with E-state index < -0.39 is 0 Å². The number of nitrogens with one attached hydrogen (secondary N) is 3. The maximum absolute atomic E-state index is 5.44. The molecule has 0 spiro atoms. The summed E-state index contributed by atoms with van der Waals surface area (Å²) in [4.78, 5) is 0. The average molecular weight is 367 g/mol. The summed E-state index contributed by atoms with van der Waals surface area (Å²) in [5, 5.41) is 10.4. The molecule has 4 heteroatoms. The zero-order chi connectivity index (χ0) is 19.3. The van der Waals surface area contributed by atoms with Gasteiger partial charge in [0.25, 0.3) is 0 Å². The maximum atomic E-state index is 5.44. The van der Waals surface area contributed by atoms with Gasteiger partial charge in [-0.1, -0.05) is 36.1 Å². The molecule has 154 valence electrons. The molecule has 0 unspecified atom stereocenters. The Labute approximate surface area is 163 Å². The average Bonchev–Trinajstić information content (AvgIpc) is 2.61. The lowest BCUT2D eigenvalue weighted by atomic mass is 10.1. The summed E-state index contributed by atoms with van der Waals surface area (Å²) in [7, 11) is 0. The molecule has 26 heavy (non-hydrogen) atoms. The van der Waals surface area contributed by atoms with Gasteiger partial charge in [-0.2, -0.15) is 0 Å². The Morgan fingerprint density at radius 3 is 1.77 bits per heavy atom. The van der Waals surface area contributed by atoms with Crippen molar-refractivity contribution in [2.45, 2.75) is 72.1 Å². The van der Waals surface area contributed by atoms with Crippen LogP contribution in [0.3, 0.4) is 0 Å². The molecule has 0 amide bonds. The number of nitrogens with two attached hydrogens (primary N) is 1. The molecule has 0 bridgehead atoms. The number of allylic oxidation sites excluding steroid dienone is 3. The highest BCUT2D eigenvalue weighted by Crippen LogP contribution is 2.05. The van der Waals surface area contributed by atoms with Crippen LogP contribution in [-0.2, 0) is 0 Å². The zero-order valence-electron chi connectivity index (χ0n) is 17.8. The third kappa shape index (κ3) is 21.4.